The Balaban J connectivity index is 2.03. The zero-order valence-corrected chi connectivity index (χ0v) is 12.9. The van der Waals surface area contributed by atoms with Crippen molar-refractivity contribution in [2.75, 3.05) is 12.5 Å². The maximum Gasteiger partial charge on any atom is 0.111 e. The average molecular weight is 293 g/mol. The largest absolute Gasteiger partial charge is 0.378 e. The van der Waals surface area contributed by atoms with Crippen molar-refractivity contribution in [2.24, 2.45) is 5.92 Å². The van der Waals surface area contributed by atoms with Crippen LogP contribution in [-0.4, -0.2) is 28.1 Å². The lowest BCUT2D eigenvalue weighted by Crippen LogP contribution is -2.19. The maximum absolute atomic E-state index is 5.94. The predicted molar refractivity (Wildman–Crippen MR) is 82.4 cm³/mol. The summed E-state index contributed by atoms with van der Waals surface area (Å²) in [5, 5.41) is 0. The molecule has 3 rings (SSSR count). The minimum absolute atomic E-state index is 0.334. The number of hydrogen-bond acceptors (Lipinski definition) is 2. The predicted octanol–water partition coefficient (Wildman–Crippen LogP) is 3.55. The van der Waals surface area contributed by atoms with Crippen molar-refractivity contribution < 1.29 is 4.74 Å². The molecular weight excluding hydrogens is 272 g/mol. The first-order valence-electron chi connectivity index (χ1n) is 7.33. The van der Waals surface area contributed by atoms with Crippen LogP contribution in [0.3, 0.4) is 0 Å². The molecule has 1 aromatic carbocycles. The van der Waals surface area contributed by atoms with Crippen molar-refractivity contribution >= 4 is 22.6 Å². The lowest BCUT2D eigenvalue weighted by molar-refractivity contribution is 0.102. The molecule has 0 spiro atoms. The maximum atomic E-state index is 5.94. The summed E-state index contributed by atoms with van der Waals surface area (Å²) < 4.78 is 8.06. The van der Waals surface area contributed by atoms with Gasteiger partial charge in [0.1, 0.15) is 5.82 Å². The van der Waals surface area contributed by atoms with E-state index >= 15 is 0 Å². The van der Waals surface area contributed by atoms with Crippen LogP contribution in [0.5, 0.6) is 0 Å². The molecule has 1 fully saturated rings. The lowest BCUT2D eigenvalue weighted by atomic mass is 10.0. The molecule has 1 saturated heterocycles. The van der Waals surface area contributed by atoms with Crippen LogP contribution in [0.15, 0.2) is 18.2 Å². The van der Waals surface area contributed by atoms with E-state index in [2.05, 4.69) is 36.6 Å². The van der Waals surface area contributed by atoms with E-state index < -0.39 is 0 Å². The van der Waals surface area contributed by atoms with Gasteiger partial charge in [-0.3, -0.25) is 0 Å². The number of para-hydroxylation sites is 1. The summed E-state index contributed by atoms with van der Waals surface area (Å²) in [5.41, 5.74) is 3.62. The van der Waals surface area contributed by atoms with Crippen molar-refractivity contribution in [1.82, 2.24) is 9.55 Å². The van der Waals surface area contributed by atoms with E-state index in [1.807, 2.05) is 0 Å². The molecular formula is C16H21ClN2O. The average Bonchev–Trinajstić information content (AvgIpc) is 2.97. The molecule has 2 atom stereocenters. The van der Waals surface area contributed by atoms with Gasteiger partial charge in [0.2, 0.25) is 0 Å². The fraction of sp³-hybridized carbons (Fsp3) is 0.562. The van der Waals surface area contributed by atoms with Crippen molar-refractivity contribution in [3.05, 3.63) is 29.6 Å². The standard InChI is InChI=1S/C16H21ClN2O/c1-11-4-3-5-14-16(11)19(15(18-14)6-8-17)10-13-7-9-20-12(13)2/h3-5,12-13H,6-10H2,1-2H3. The molecule has 2 unspecified atom stereocenters. The quantitative estimate of drug-likeness (QED) is 0.806. The number of fused-ring (bicyclic) bond motifs is 1. The van der Waals surface area contributed by atoms with E-state index in [0.717, 1.165) is 37.3 Å². The Hall–Kier alpha value is -1.06. The van der Waals surface area contributed by atoms with Crippen LogP contribution in [0.1, 0.15) is 24.7 Å². The molecule has 2 heterocycles. The highest BCUT2D eigenvalue weighted by Gasteiger charge is 2.26. The number of ether oxygens (including phenoxy) is 1. The highest BCUT2D eigenvalue weighted by Crippen LogP contribution is 2.27. The minimum atomic E-state index is 0.334. The lowest BCUT2D eigenvalue weighted by Gasteiger charge is -2.17. The molecule has 0 N–H and O–H groups in total. The number of alkyl halides is 1. The molecule has 0 radical (unpaired) electrons. The Bertz CT molecular complexity index is 608. The summed E-state index contributed by atoms with van der Waals surface area (Å²) in [7, 11) is 0. The van der Waals surface area contributed by atoms with E-state index in [1.54, 1.807) is 0 Å². The number of aromatic nitrogens is 2. The zero-order valence-electron chi connectivity index (χ0n) is 12.1. The van der Waals surface area contributed by atoms with Gasteiger partial charge in [0, 0.05) is 31.4 Å². The third-order valence-corrected chi connectivity index (χ3v) is 4.50. The molecule has 4 heteroatoms. The Kier molecular flexibility index (Phi) is 3.99. The van der Waals surface area contributed by atoms with Gasteiger partial charge < -0.3 is 9.30 Å². The molecule has 0 bridgehead atoms. The topological polar surface area (TPSA) is 27.1 Å². The summed E-state index contributed by atoms with van der Waals surface area (Å²) in [5.74, 6) is 2.28. The highest BCUT2D eigenvalue weighted by molar-refractivity contribution is 6.17. The first-order chi connectivity index (χ1) is 9.70. The van der Waals surface area contributed by atoms with Crippen LogP contribution < -0.4 is 0 Å². The number of imidazole rings is 1. The number of nitrogens with zero attached hydrogens (tertiary/aromatic N) is 2. The van der Waals surface area contributed by atoms with Crippen LogP contribution in [0.25, 0.3) is 11.0 Å². The van der Waals surface area contributed by atoms with Crippen molar-refractivity contribution in [1.29, 1.82) is 0 Å². The molecule has 0 amide bonds. The van der Waals surface area contributed by atoms with Gasteiger partial charge in [0.05, 0.1) is 17.1 Å². The van der Waals surface area contributed by atoms with Crippen molar-refractivity contribution in [3.8, 4) is 0 Å². The summed E-state index contributed by atoms with van der Waals surface area (Å²) in [4.78, 5) is 4.77. The summed E-state index contributed by atoms with van der Waals surface area (Å²) in [6.07, 6.45) is 2.28. The van der Waals surface area contributed by atoms with Crippen LogP contribution in [0, 0.1) is 12.8 Å². The molecule has 3 nitrogen and oxygen atoms in total. The third-order valence-electron chi connectivity index (χ3n) is 4.32. The van der Waals surface area contributed by atoms with Gasteiger partial charge in [0.25, 0.3) is 0 Å². The fourth-order valence-electron chi connectivity index (χ4n) is 3.14. The summed E-state index contributed by atoms with van der Waals surface area (Å²) in [6, 6.07) is 6.31. The van der Waals surface area contributed by atoms with E-state index in [-0.39, 0.29) is 0 Å². The van der Waals surface area contributed by atoms with Crippen LogP contribution in [0.4, 0.5) is 0 Å². The fourth-order valence-corrected chi connectivity index (χ4v) is 3.30. The molecule has 1 aliphatic rings. The first-order valence-corrected chi connectivity index (χ1v) is 7.86. The molecule has 108 valence electrons. The van der Waals surface area contributed by atoms with Crippen molar-refractivity contribution in [2.45, 2.75) is 39.3 Å². The second-order valence-electron chi connectivity index (χ2n) is 5.64. The smallest absolute Gasteiger partial charge is 0.111 e. The molecule has 0 saturated carbocycles. The summed E-state index contributed by atoms with van der Waals surface area (Å²) in [6.45, 7) is 6.18. The van der Waals surface area contributed by atoms with Gasteiger partial charge in [-0.1, -0.05) is 12.1 Å². The second-order valence-corrected chi connectivity index (χ2v) is 6.02. The normalized spacial score (nSPS) is 22.8. The number of aryl methyl sites for hydroxylation is 2. The Morgan fingerprint density at radius 3 is 3.00 bits per heavy atom. The molecule has 0 aliphatic carbocycles. The third kappa shape index (κ3) is 2.45. The SMILES string of the molecule is Cc1cccc2nc(CCCl)n(CC3CCOC3C)c12. The van der Waals surface area contributed by atoms with E-state index in [1.165, 1.54) is 11.1 Å². The highest BCUT2D eigenvalue weighted by atomic mass is 35.5. The number of benzene rings is 1. The van der Waals surface area contributed by atoms with E-state index in [9.17, 15) is 0 Å². The Morgan fingerprint density at radius 2 is 2.30 bits per heavy atom. The van der Waals surface area contributed by atoms with Gasteiger partial charge in [-0.15, -0.1) is 11.6 Å². The molecule has 20 heavy (non-hydrogen) atoms. The van der Waals surface area contributed by atoms with Gasteiger partial charge in [-0.2, -0.15) is 0 Å². The number of hydrogen-bond donors (Lipinski definition) is 0. The van der Waals surface area contributed by atoms with Gasteiger partial charge in [-0.25, -0.2) is 4.98 Å². The van der Waals surface area contributed by atoms with Crippen molar-refractivity contribution in [3.63, 3.8) is 0 Å². The van der Waals surface area contributed by atoms with Gasteiger partial charge in [0.15, 0.2) is 0 Å². The van der Waals surface area contributed by atoms with Gasteiger partial charge >= 0.3 is 0 Å². The summed E-state index contributed by atoms with van der Waals surface area (Å²) >= 11 is 5.94. The Morgan fingerprint density at radius 1 is 1.45 bits per heavy atom. The van der Waals surface area contributed by atoms with Gasteiger partial charge in [-0.05, 0) is 31.9 Å². The van der Waals surface area contributed by atoms with E-state index in [0.29, 0.717) is 17.9 Å². The zero-order chi connectivity index (χ0) is 14.1. The number of rotatable bonds is 4. The number of halogens is 1. The molecule has 2 aromatic rings. The molecule has 1 aliphatic heterocycles. The van der Waals surface area contributed by atoms with E-state index in [4.69, 9.17) is 21.3 Å². The first kappa shape index (κ1) is 13.9. The Labute approximate surface area is 124 Å². The monoisotopic (exact) mass is 292 g/mol. The minimum Gasteiger partial charge on any atom is -0.378 e. The molecule has 1 aromatic heterocycles. The van der Waals surface area contributed by atoms with Crippen LogP contribution in [0.2, 0.25) is 0 Å². The second kappa shape index (κ2) is 5.74. The van der Waals surface area contributed by atoms with Crippen LogP contribution >= 0.6 is 11.6 Å². The van der Waals surface area contributed by atoms with Crippen LogP contribution in [-0.2, 0) is 17.7 Å².